The molecule has 0 aliphatic heterocycles. The summed E-state index contributed by atoms with van der Waals surface area (Å²) in [5, 5.41) is 3.21. The average molecular weight is 379 g/mol. The Morgan fingerprint density at radius 1 is 1.08 bits per heavy atom. The van der Waals surface area contributed by atoms with Gasteiger partial charge in [-0.1, -0.05) is 19.8 Å². The molecule has 2 N–H and O–H groups in total. The number of rotatable bonds is 10. The monoisotopic (exact) mass is 379 g/mol. The SMILES string of the molecule is CCCCCNc1ccc(NS(=O)(=O)c2cc(OC)ccc2OC)cn1. The first kappa shape index (κ1) is 19.8. The first-order valence-electron chi connectivity index (χ1n) is 8.45. The van der Waals surface area contributed by atoms with Crippen molar-refractivity contribution in [1.82, 2.24) is 4.98 Å². The van der Waals surface area contributed by atoms with Gasteiger partial charge < -0.3 is 14.8 Å². The molecule has 1 heterocycles. The molecule has 0 atom stereocenters. The first-order valence-corrected chi connectivity index (χ1v) is 9.93. The van der Waals surface area contributed by atoms with Crippen molar-refractivity contribution >= 4 is 21.5 Å². The van der Waals surface area contributed by atoms with E-state index < -0.39 is 10.0 Å². The van der Waals surface area contributed by atoms with Gasteiger partial charge in [-0.05, 0) is 30.7 Å². The summed E-state index contributed by atoms with van der Waals surface area (Å²) in [6, 6.07) is 8.01. The molecule has 26 heavy (non-hydrogen) atoms. The molecule has 0 aliphatic rings. The van der Waals surface area contributed by atoms with Crippen LogP contribution in [0.4, 0.5) is 11.5 Å². The van der Waals surface area contributed by atoms with Crippen LogP contribution in [-0.2, 0) is 10.0 Å². The third-order valence-corrected chi connectivity index (χ3v) is 5.16. The second-order valence-corrected chi connectivity index (χ2v) is 7.34. The first-order chi connectivity index (χ1) is 12.5. The Labute approximate surface area is 154 Å². The fourth-order valence-electron chi connectivity index (χ4n) is 2.35. The van der Waals surface area contributed by atoms with Crippen LogP contribution in [0.1, 0.15) is 26.2 Å². The van der Waals surface area contributed by atoms with Gasteiger partial charge in [-0.15, -0.1) is 0 Å². The van der Waals surface area contributed by atoms with Crippen LogP contribution in [0.15, 0.2) is 41.4 Å². The number of pyridine rings is 1. The molecule has 0 bridgehead atoms. The highest BCUT2D eigenvalue weighted by Gasteiger charge is 2.21. The number of methoxy groups -OCH3 is 2. The number of nitrogens with one attached hydrogen (secondary N) is 2. The van der Waals surface area contributed by atoms with Gasteiger partial charge in [0.25, 0.3) is 10.0 Å². The second-order valence-electron chi connectivity index (χ2n) is 5.69. The third-order valence-electron chi connectivity index (χ3n) is 3.76. The van der Waals surface area contributed by atoms with E-state index in [4.69, 9.17) is 9.47 Å². The molecular weight excluding hydrogens is 354 g/mol. The van der Waals surface area contributed by atoms with Crippen molar-refractivity contribution in [3.63, 3.8) is 0 Å². The van der Waals surface area contributed by atoms with Crippen molar-refractivity contribution in [2.45, 2.75) is 31.1 Å². The highest BCUT2D eigenvalue weighted by Crippen LogP contribution is 2.29. The van der Waals surface area contributed by atoms with Gasteiger partial charge in [0.15, 0.2) is 0 Å². The summed E-state index contributed by atoms with van der Waals surface area (Å²) in [6.07, 6.45) is 4.87. The van der Waals surface area contributed by atoms with Gasteiger partial charge in [0.1, 0.15) is 22.2 Å². The van der Waals surface area contributed by atoms with Gasteiger partial charge in [0.2, 0.25) is 0 Å². The lowest BCUT2D eigenvalue weighted by molar-refractivity contribution is 0.392. The molecule has 0 aliphatic carbocycles. The summed E-state index contributed by atoms with van der Waals surface area (Å²) in [7, 11) is -0.949. The summed E-state index contributed by atoms with van der Waals surface area (Å²) in [6.45, 7) is 2.99. The zero-order chi connectivity index (χ0) is 19.0. The minimum Gasteiger partial charge on any atom is -0.497 e. The molecule has 0 radical (unpaired) electrons. The number of sulfonamides is 1. The van der Waals surface area contributed by atoms with Crippen LogP contribution in [0, 0.1) is 0 Å². The molecule has 0 fully saturated rings. The van der Waals surface area contributed by atoms with E-state index >= 15 is 0 Å². The normalized spacial score (nSPS) is 11.0. The highest BCUT2D eigenvalue weighted by atomic mass is 32.2. The van der Waals surface area contributed by atoms with E-state index in [1.165, 1.54) is 26.5 Å². The van der Waals surface area contributed by atoms with Crippen LogP contribution in [-0.4, -0.2) is 34.2 Å². The molecular formula is C18H25N3O4S. The predicted octanol–water partition coefficient (Wildman–Crippen LogP) is 3.50. The Morgan fingerprint density at radius 3 is 2.50 bits per heavy atom. The van der Waals surface area contributed by atoms with Gasteiger partial charge in [0.05, 0.1) is 26.1 Å². The quantitative estimate of drug-likeness (QED) is 0.614. The fraction of sp³-hybridized carbons (Fsp3) is 0.389. The number of hydrogen-bond donors (Lipinski definition) is 2. The molecule has 0 saturated carbocycles. The Morgan fingerprint density at radius 2 is 1.88 bits per heavy atom. The molecule has 8 heteroatoms. The molecule has 0 amide bonds. The predicted molar refractivity (Wildman–Crippen MR) is 103 cm³/mol. The van der Waals surface area contributed by atoms with Crippen molar-refractivity contribution in [1.29, 1.82) is 0 Å². The van der Waals surface area contributed by atoms with Crippen LogP contribution in [0.3, 0.4) is 0 Å². The molecule has 0 saturated heterocycles. The molecule has 0 spiro atoms. The maximum absolute atomic E-state index is 12.7. The highest BCUT2D eigenvalue weighted by molar-refractivity contribution is 7.92. The summed E-state index contributed by atoms with van der Waals surface area (Å²) in [5.41, 5.74) is 0.369. The molecule has 1 aromatic heterocycles. The van der Waals surface area contributed by atoms with Crippen molar-refractivity contribution in [3.05, 3.63) is 36.5 Å². The van der Waals surface area contributed by atoms with Crippen LogP contribution in [0.5, 0.6) is 11.5 Å². The van der Waals surface area contributed by atoms with Crippen LogP contribution in [0.25, 0.3) is 0 Å². The van der Waals surface area contributed by atoms with Crippen LogP contribution in [0.2, 0.25) is 0 Å². The number of ether oxygens (including phenoxy) is 2. The van der Waals surface area contributed by atoms with Crippen molar-refractivity contribution in [2.24, 2.45) is 0 Å². The minimum atomic E-state index is -3.84. The Bertz CT molecular complexity index is 808. The summed E-state index contributed by atoms with van der Waals surface area (Å²) in [5.74, 6) is 1.37. The van der Waals surface area contributed by atoms with Crippen molar-refractivity contribution in [2.75, 3.05) is 30.8 Å². The maximum atomic E-state index is 12.7. The smallest absolute Gasteiger partial charge is 0.265 e. The van der Waals surface area contributed by atoms with E-state index in [9.17, 15) is 8.42 Å². The number of hydrogen-bond acceptors (Lipinski definition) is 6. The Balaban J connectivity index is 2.12. The summed E-state index contributed by atoms with van der Waals surface area (Å²) in [4.78, 5) is 4.24. The molecule has 1 aromatic carbocycles. The molecule has 0 unspecified atom stereocenters. The summed E-state index contributed by atoms with van der Waals surface area (Å²) >= 11 is 0. The number of aromatic nitrogens is 1. The van der Waals surface area contributed by atoms with E-state index in [-0.39, 0.29) is 10.6 Å². The minimum absolute atomic E-state index is 0.00103. The van der Waals surface area contributed by atoms with E-state index in [2.05, 4.69) is 21.9 Å². The van der Waals surface area contributed by atoms with E-state index in [1.54, 1.807) is 24.3 Å². The molecule has 7 nitrogen and oxygen atoms in total. The zero-order valence-corrected chi connectivity index (χ0v) is 16.1. The number of anilines is 2. The topological polar surface area (TPSA) is 89.5 Å². The van der Waals surface area contributed by atoms with Gasteiger partial charge in [-0.25, -0.2) is 13.4 Å². The fourth-order valence-corrected chi connectivity index (χ4v) is 3.58. The average Bonchev–Trinajstić information content (AvgIpc) is 2.65. The van der Waals surface area contributed by atoms with Crippen LogP contribution < -0.4 is 19.5 Å². The lowest BCUT2D eigenvalue weighted by Gasteiger charge is -2.13. The largest absolute Gasteiger partial charge is 0.497 e. The number of benzene rings is 1. The number of unbranched alkanes of at least 4 members (excludes halogenated alkanes) is 2. The number of nitrogens with zero attached hydrogens (tertiary/aromatic N) is 1. The third kappa shape index (κ3) is 5.26. The second kappa shape index (κ2) is 9.28. The van der Waals surface area contributed by atoms with E-state index in [0.717, 1.165) is 25.8 Å². The van der Waals surface area contributed by atoms with Gasteiger partial charge in [-0.3, -0.25) is 4.72 Å². The van der Waals surface area contributed by atoms with Gasteiger partial charge in [0, 0.05) is 12.6 Å². The molecule has 2 rings (SSSR count). The van der Waals surface area contributed by atoms with Crippen LogP contribution >= 0.6 is 0 Å². The van der Waals surface area contributed by atoms with E-state index in [1.807, 2.05) is 0 Å². The summed E-state index contributed by atoms with van der Waals surface area (Å²) < 4.78 is 38.1. The molecule has 142 valence electrons. The maximum Gasteiger partial charge on any atom is 0.265 e. The van der Waals surface area contributed by atoms with Crippen molar-refractivity contribution < 1.29 is 17.9 Å². The lowest BCUT2D eigenvalue weighted by Crippen LogP contribution is -2.14. The lowest BCUT2D eigenvalue weighted by atomic mass is 10.2. The zero-order valence-electron chi connectivity index (χ0n) is 15.3. The van der Waals surface area contributed by atoms with Gasteiger partial charge >= 0.3 is 0 Å². The van der Waals surface area contributed by atoms with Gasteiger partial charge in [-0.2, -0.15) is 0 Å². The van der Waals surface area contributed by atoms with E-state index in [0.29, 0.717) is 17.3 Å². The molecule has 2 aromatic rings. The standard InChI is InChI=1S/C18H25N3O4S/c1-4-5-6-11-19-18-10-7-14(13-20-18)21-26(22,23)17-12-15(24-2)8-9-16(17)25-3/h7-10,12-13,21H,4-6,11H2,1-3H3,(H,19,20). The Hall–Kier alpha value is -2.48. The Kier molecular flexibility index (Phi) is 7.08. The van der Waals surface area contributed by atoms with Crippen molar-refractivity contribution in [3.8, 4) is 11.5 Å².